The molecule has 0 saturated heterocycles. The molecule has 1 aromatic carbocycles. The van der Waals surface area contributed by atoms with Crippen LogP contribution in [0.1, 0.15) is 16.1 Å². The maximum Gasteiger partial charge on any atom is 0.255 e. The maximum atomic E-state index is 12.2. The van der Waals surface area contributed by atoms with Gasteiger partial charge >= 0.3 is 0 Å². The highest BCUT2D eigenvalue weighted by Gasteiger charge is 2.12. The van der Waals surface area contributed by atoms with Crippen LogP contribution in [0.4, 0.5) is 11.5 Å². The molecule has 0 aliphatic carbocycles. The summed E-state index contributed by atoms with van der Waals surface area (Å²) in [6.07, 6.45) is 0. The van der Waals surface area contributed by atoms with E-state index in [0.29, 0.717) is 22.8 Å². The van der Waals surface area contributed by atoms with E-state index < -0.39 is 0 Å². The van der Waals surface area contributed by atoms with Gasteiger partial charge in [0.15, 0.2) is 0 Å². The molecule has 0 bridgehead atoms. The molecule has 4 nitrogen and oxygen atoms in total. The summed E-state index contributed by atoms with van der Waals surface area (Å²) in [6, 6.07) is 8.82. The van der Waals surface area contributed by atoms with Gasteiger partial charge in [-0.25, -0.2) is 4.98 Å². The van der Waals surface area contributed by atoms with Crippen molar-refractivity contribution < 1.29 is 4.79 Å². The number of hydrogen-bond donors (Lipinski definition) is 2. The summed E-state index contributed by atoms with van der Waals surface area (Å²) in [5.41, 5.74) is 7.51. The minimum atomic E-state index is -0.232. The minimum absolute atomic E-state index is 0.232. The first kappa shape index (κ1) is 14.0. The number of nitrogens with zero attached hydrogens (tertiary/aromatic N) is 1. The van der Waals surface area contributed by atoms with E-state index in [-0.39, 0.29) is 5.91 Å². The second kappa shape index (κ2) is 5.71. The number of hydrogen-bond acceptors (Lipinski definition) is 3. The van der Waals surface area contributed by atoms with Crippen molar-refractivity contribution >= 4 is 49.3 Å². The second-order valence-corrected chi connectivity index (χ2v) is 5.68. The number of anilines is 2. The van der Waals surface area contributed by atoms with Crippen LogP contribution >= 0.6 is 31.9 Å². The predicted molar refractivity (Wildman–Crippen MR) is 83.2 cm³/mol. The van der Waals surface area contributed by atoms with Crippen molar-refractivity contribution in [2.75, 3.05) is 11.1 Å². The molecule has 6 heteroatoms. The van der Waals surface area contributed by atoms with E-state index >= 15 is 0 Å². The Kier molecular flexibility index (Phi) is 4.21. The molecule has 2 rings (SSSR count). The highest BCUT2D eigenvalue weighted by molar-refractivity contribution is 9.11. The first-order chi connectivity index (χ1) is 8.97. The molecule has 0 spiro atoms. The second-order valence-electron chi connectivity index (χ2n) is 3.97. The monoisotopic (exact) mass is 383 g/mol. The van der Waals surface area contributed by atoms with Crippen molar-refractivity contribution in [3.63, 3.8) is 0 Å². The molecule has 3 N–H and O–H groups in total. The zero-order chi connectivity index (χ0) is 14.0. The quantitative estimate of drug-likeness (QED) is 0.828. The van der Waals surface area contributed by atoms with Crippen LogP contribution in [0, 0.1) is 6.92 Å². The Labute approximate surface area is 127 Å². The Morgan fingerprint density at radius 2 is 1.89 bits per heavy atom. The number of carbonyl (C=O) groups is 1. The standard InChI is InChI=1S/C13H11Br2N3O/c1-7-5-8(6-11(16)17-7)13(19)18-12-9(14)3-2-4-10(12)15/h2-6H,1H3,(H2,16,17)(H,18,19). The number of halogens is 2. The molecule has 1 amide bonds. The van der Waals surface area contributed by atoms with Crippen LogP contribution in [-0.2, 0) is 0 Å². The van der Waals surface area contributed by atoms with E-state index in [2.05, 4.69) is 42.2 Å². The fraction of sp³-hybridized carbons (Fsp3) is 0.0769. The molecule has 0 aliphatic rings. The first-order valence-corrected chi connectivity index (χ1v) is 7.05. The lowest BCUT2D eigenvalue weighted by Crippen LogP contribution is -2.13. The third-order valence-corrected chi connectivity index (χ3v) is 3.76. The fourth-order valence-electron chi connectivity index (χ4n) is 1.63. The molecule has 1 aromatic heterocycles. The van der Waals surface area contributed by atoms with Crippen LogP contribution in [0.15, 0.2) is 39.3 Å². The van der Waals surface area contributed by atoms with E-state index in [9.17, 15) is 4.79 Å². The summed E-state index contributed by atoms with van der Waals surface area (Å²) in [7, 11) is 0. The lowest BCUT2D eigenvalue weighted by Gasteiger charge is -2.10. The fourth-order valence-corrected chi connectivity index (χ4v) is 2.82. The molecule has 0 saturated carbocycles. The third kappa shape index (κ3) is 3.33. The number of aryl methyl sites for hydroxylation is 1. The Morgan fingerprint density at radius 1 is 1.26 bits per heavy atom. The van der Waals surface area contributed by atoms with Crippen molar-refractivity contribution in [3.05, 3.63) is 50.5 Å². The van der Waals surface area contributed by atoms with Gasteiger partial charge in [-0.15, -0.1) is 0 Å². The predicted octanol–water partition coefficient (Wildman–Crippen LogP) is 3.75. The van der Waals surface area contributed by atoms with Gasteiger partial charge in [0, 0.05) is 20.2 Å². The van der Waals surface area contributed by atoms with Gasteiger partial charge in [0.2, 0.25) is 0 Å². The zero-order valence-corrected chi connectivity index (χ0v) is 13.2. The summed E-state index contributed by atoms with van der Waals surface area (Å²) < 4.78 is 1.60. The maximum absolute atomic E-state index is 12.2. The van der Waals surface area contributed by atoms with Crippen LogP contribution in [0.3, 0.4) is 0 Å². The van der Waals surface area contributed by atoms with Crippen molar-refractivity contribution in [1.82, 2.24) is 4.98 Å². The van der Waals surface area contributed by atoms with Crippen LogP contribution in [-0.4, -0.2) is 10.9 Å². The number of nitrogens with two attached hydrogens (primary N) is 1. The number of nitrogen functional groups attached to an aromatic ring is 1. The Hall–Kier alpha value is -1.40. The lowest BCUT2D eigenvalue weighted by atomic mass is 10.2. The minimum Gasteiger partial charge on any atom is -0.384 e. The van der Waals surface area contributed by atoms with Crippen LogP contribution in [0.5, 0.6) is 0 Å². The van der Waals surface area contributed by atoms with Gasteiger partial charge in [0.1, 0.15) is 5.82 Å². The van der Waals surface area contributed by atoms with E-state index in [4.69, 9.17) is 5.73 Å². The van der Waals surface area contributed by atoms with Crippen molar-refractivity contribution in [2.45, 2.75) is 6.92 Å². The molecular weight excluding hydrogens is 374 g/mol. The molecule has 0 atom stereocenters. The number of rotatable bonds is 2. The van der Waals surface area contributed by atoms with Gasteiger partial charge in [-0.3, -0.25) is 4.79 Å². The SMILES string of the molecule is Cc1cc(C(=O)Nc2c(Br)cccc2Br)cc(N)n1. The Balaban J connectivity index is 2.31. The van der Waals surface area contributed by atoms with Crippen LogP contribution in [0.25, 0.3) is 0 Å². The van der Waals surface area contributed by atoms with Gasteiger partial charge < -0.3 is 11.1 Å². The summed E-state index contributed by atoms with van der Waals surface area (Å²) in [6.45, 7) is 1.79. The van der Waals surface area contributed by atoms with Gasteiger partial charge in [0.05, 0.1) is 5.69 Å². The summed E-state index contributed by atoms with van der Waals surface area (Å²) in [5.74, 6) is 0.0983. The smallest absolute Gasteiger partial charge is 0.255 e. The molecular formula is C13H11Br2N3O. The molecule has 2 aromatic rings. The number of carbonyl (C=O) groups excluding carboxylic acids is 1. The van der Waals surface area contributed by atoms with Crippen LogP contribution < -0.4 is 11.1 Å². The van der Waals surface area contributed by atoms with Crippen molar-refractivity contribution in [2.24, 2.45) is 0 Å². The van der Waals surface area contributed by atoms with E-state index in [0.717, 1.165) is 8.95 Å². The highest BCUT2D eigenvalue weighted by Crippen LogP contribution is 2.30. The number of pyridine rings is 1. The highest BCUT2D eigenvalue weighted by atomic mass is 79.9. The lowest BCUT2D eigenvalue weighted by molar-refractivity contribution is 0.102. The summed E-state index contributed by atoms with van der Waals surface area (Å²) in [5, 5.41) is 2.83. The number of para-hydroxylation sites is 1. The normalized spacial score (nSPS) is 10.3. The zero-order valence-electron chi connectivity index (χ0n) is 10.1. The van der Waals surface area contributed by atoms with Gasteiger partial charge in [-0.2, -0.15) is 0 Å². The van der Waals surface area contributed by atoms with Crippen molar-refractivity contribution in [3.8, 4) is 0 Å². The molecule has 1 heterocycles. The largest absolute Gasteiger partial charge is 0.384 e. The first-order valence-electron chi connectivity index (χ1n) is 5.47. The van der Waals surface area contributed by atoms with E-state index in [1.165, 1.54) is 0 Å². The Bertz CT molecular complexity index is 603. The molecule has 0 fully saturated rings. The number of amides is 1. The third-order valence-electron chi connectivity index (χ3n) is 2.44. The number of nitrogens with one attached hydrogen (secondary N) is 1. The molecule has 0 unspecified atom stereocenters. The Morgan fingerprint density at radius 3 is 2.47 bits per heavy atom. The van der Waals surface area contributed by atoms with E-state index in [1.54, 1.807) is 19.1 Å². The topological polar surface area (TPSA) is 68.0 Å². The number of benzene rings is 1. The molecule has 0 aliphatic heterocycles. The van der Waals surface area contributed by atoms with Gasteiger partial charge in [-0.1, -0.05) is 6.07 Å². The number of aromatic nitrogens is 1. The average Bonchev–Trinajstić information content (AvgIpc) is 2.32. The molecule has 19 heavy (non-hydrogen) atoms. The van der Waals surface area contributed by atoms with Crippen molar-refractivity contribution in [1.29, 1.82) is 0 Å². The summed E-state index contributed by atoms with van der Waals surface area (Å²) in [4.78, 5) is 16.2. The average molecular weight is 385 g/mol. The van der Waals surface area contributed by atoms with Crippen LogP contribution in [0.2, 0.25) is 0 Å². The molecule has 0 radical (unpaired) electrons. The summed E-state index contributed by atoms with van der Waals surface area (Å²) >= 11 is 6.79. The molecule has 98 valence electrons. The van der Waals surface area contributed by atoms with Gasteiger partial charge in [-0.05, 0) is 63.0 Å². The van der Waals surface area contributed by atoms with Gasteiger partial charge in [0.25, 0.3) is 5.91 Å². The van der Waals surface area contributed by atoms with E-state index in [1.807, 2.05) is 18.2 Å².